The Morgan fingerprint density at radius 1 is 1.25 bits per heavy atom. The van der Waals surface area contributed by atoms with Crippen LogP contribution < -0.4 is 0 Å². The number of fused-ring (bicyclic) bond motifs is 1. The molecule has 0 bridgehead atoms. The lowest BCUT2D eigenvalue weighted by Crippen LogP contribution is -1.77. The van der Waals surface area contributed by atoms with Gasteiger partial charge in [0.2, 0.25) is 0 Å². The summed E-state index contributed by atoms with van der Waals surface area (Å²) in [7, 11) is 0. The Balaban J connectivity index is 2.62. The Labute approximate surface area is 75.3 Å². The van der Waals surface area contributed by atoms with Gasteiger partial charge in [0, 0.05) is 10.3 Å². The van der Waals surface area contributed by atoms with E-state index >= 15 is 0 Å². The first-order valence-corrected chi connectivity index (χ1v) is 4.79. The van der Waals surface area contributed by atoms with Crippen LogP contribution in [0.3, 0.4) is 0 Å². The zero-order valence-corrected chi connectivity index (χ0v) is 7.93. The van der Waals surface area contributed by atoms with Gasteiger partial charge in [-0.15, -0.1) is 11.3 Å². The first kappa shape index (κ1) is 7.68. The first-order valence-electron chi connectivity index (χ1n) is 3.97. The van der Waals surface area contributed by atoms with Crippen LogP contribution in [0.2, 0.25) is 0 Å². The maximum Gasteiger partial charge on any atom is 0.0674 e. The molecule has 2 nitrogen and oxygen atoms in total. The van der Waals surface area contributed by atoms with Crippen LogP contribution in [0.25, 0.3) is 10.1 Å². The zero-order chi connectivity index (χ0) is 8.55. The number of aromatic nitrogens is 2. The lowest BCUT2D eigenvalue weighted by atomic mass is 10.2. The van der Waals surface area contributed by atoms with Crippen molar-refractivity contribution >= 4 is 21.4 Å². The third-order valence-corrected chi connectivity index (χ3v) is 3.20. The summed E-state index contributed by atoms with van der Waals surface area (Å²) in [6.45, 7) is 4.40. The second-order valence-electron chi connectivity index (χ2n) is 3.11. The maximum absolute atomic E-state index is 3.85. The van der Waals surface area contributed by atoms with E-state index in [9.17, 15) is 0 Å². The van der Waals surface area contributed by atoms with Crippen LogP contribution in [0.1, 0.15) is 24.6 Å². The summed E-state index contributed by atoms with van der Waals surface area (Å²) in [4.78, 5) is 1.40. The Hall–Kier alpha value is -0.960. The Morgan fingerprint density at radius 2 is 2.00 bits per heavy atom. The largest absolute Gasteiger partial charge is 0.158 e. The Kier molecular flexibility index (Phi) is 1.81. The number of hydrogen-bond donors (Lipinski definition) is 0. The van der Waals surface area contributed by atoms with Gasteiger partial charge in [-0.2, -0.15) is 10.2 Å². The van der Waals surface area contributed by atoms with Crippen molar-refractivity contribution in [2.24, 2.45) is 0 Å². The maximum atomic E-state index is 3.85. The summed E-state index contributed by atoms with van der Waals surface area (Å²) >= 11 is 1.80. The highest BCUT2D eigenvalue weighted by Crippen LogP contribution is 2.29. The molecule has 0 N–H and O–H groups in total. The summed E-state index contributed by atoms with van der Waals surface area (Å²) in [6, 6.07) is 2.19. The molecule has 2 heterocycles. The number of nitrogens with zero attached hydrogens (tertiary/aromatic N) is 2. The van der Waals surface area contributed by atoms with Crippen molar-refractivity contribution in [3.05, 3.63) is 23.3 Å². The molecule has 0 aliphatic heterocycles. The molecule has 0 aromatic carbocycles. The van der Waals surface area contributed by atoms with Crippen LogP contribution >= 0.6 is 11.3 Å². The minimum Gasteiger partial charge on any atom is -0.158 e. The molecule has 2 aromatic heterocycles. The van der Waals surface area contributed by atoms with E-state index in [1.807, 2.05) is 12.4 Å². The molecule has 62 valence electrons. The van der Waals surface area contributed by atoms with Gasteiger partial charge in [0.25, 0.3) is 0 Å². The van der Waals surface area contributed by atoms with Crippen molar-refractivity contribution in [3.63, 3.8) is 0 Å². The molecule has 0 aliphatic rings. The van der Waals surface area contributed by atoms with Crippen LogP contribution in [-0.4, -0.2) is 10.2 Å². The molecular formula is C9H10N2S. The van der Waals surface area contributed by atoms with Gasteiger partial charge in [-0.25, -0.2) is 0 Å². The van der Waals surface area contributed by atoms with Crippen molar-refractivity contribution in [2.45, 2.75) is 19.8 Å². The minimum absolute atomic E-state index is 0.599. The van der Waals surface area contributed by atoms with Crippen LogP contribution in [0.5, 0.6) is 0 Å². The predicted molar refractivity (Wildman–Crippen MR) is 51.5 cm³/mol. The second kappa shape index (κ2) is 2.83. The smallest absolute Gasteiger partial charge is 0.0674 e. The van der Waals surface area contributed by atoms with E-state index in [4.69, 9.17) is 0 Å². The average molecular weight is 178 g/mol. The van der Waals surface area contributed by atoms with E-state index in [1.165, 1.54) is 15.0 Å². The molecule has 0 atom stereocenters. The van der Waals surface area contributed by atoms with Crippen LogP contribution in [0, 0.1) is 0 Å². The molecule has 2 aromatic rings. The van der Waals surface area contributed by atoms with Gasteiger partial charge in [0.05, 0.1) is 17.1 Å². The highest BCUT2D eigenvalue weighted by molar-refractivity contribution is 7.19. The SMILES string of the molecule is CC(C)c1cc2cnncc2s1. The van der Waals surface area contributed by atoms with Gasteiger partial charge in [-0.1, -0.05) is 13.8 Å². The third kappa shape index (κ3) is 1.20. The quantitative estimate of drug-likeness (QED) is 0.671. The molecule has 0 aliphatic carbocycles. The molecule has 0 amide bonds. The summed E-state index contributed by atoms with van der Waals surface area (Å²) in [5.41, 5.74) is 0. The van der Waals surface area contributed by atoms with Gasteiger partial charge in [0.1, 0.15) is 0 Å². The van der Waals surface area contributed by atoms with E-state index in [2.05, 4.69) is 30.1 Å². The van der Waals surface area contributed by atoms with Crippen LogP contribution in [0.4, 0.5) is 0 Å². The monoisotopic (exact) mass is 178 g/mol. The summed E-state index contributed by atoms with van der Waals surface area (Å²) in [5.74, 6) is 0.599. The fourth-order valence-corrected chi connectivity index (χ4v) is 2.11. The molecule has 0 saturated carbocycles. The molecule has 0 saturated heterocycles. The fourth-order valence-electron chi connectivity index (χ4n) is 1.11. The standard InChI is InChI=1S/C9H10N2S/c1-6(2)8-3-7-4-10-11-5-9(7)12-8/h3-6H,1-2H3. The molecule has 3 heteroatoms. The Bertz CT molecular complexity index is 359. The predicted octanol–water partition coefficient (Wildman–Crippen LogP) is 2.81. The molecule has 0 spiro atoms. The van der Waals surface area contributed by atoms with Gasteiger partial charge >= 0.3 is 0 Å². The van der Waals surface area contributed by atoms with Gasteiger partial charge in [-0.3, -0.25) is 0 Å². The number of thiophene rings is 1. The van der Waals surface area contributed by atoms with E-state index in [-0.39, 0.29) is 0 Å². The lowest BCUT2D eigenvalue weighted by molar-refractivity contribution is 0.890. The van der Waals surface area contributed by atoms with Crippen molar-refractivity contribution in [1.82, 2.24) is 10.2 Å². The molecule has 0 unspecified atom stereocenters. The highest BCUT2D eigenvalue weighted by atomic mass is 32.1. The highest BCUT2D eigenvalue weighted by Gasteiger charge is 2.04. The van der Waals surface area contributed by atoms with Crippen molar-refractivity contribution in [2.75, 3.05) is 0 Å². The van der Waals surface area contributed by atoms with Gasteiger partial charge in [0.15, 0.2) is 0 Å². The normalized spacial score (nSPS) is 11.2. The van der Waals surface area contributed by atoms with Gasteiger partial charge in [-0.05, 0) is 12.0 Å². The van der Waals surface area contributed by atoms with Crippen molar-refractivity contribution in [1.29, 1.82) is 0 Å². The van der Waals surface area contributed by atoms with E-state index in [1.54, 1.807) is 11.3 Å². The fraction of sp³-hybridized carbons (Fsp3) is 0.333. The first-order chi connectivity index (χ1) is 5.77. The van der Waals surface area contributed by atoms with E-state index in [0.29, 0.717) is 5.92 Å². The number of rotatable bonds is 1. The van der Waals surface area contributed by atoms with E-state index < -0.39 is 0 Å². The Morgan fingerprint density at radius 3 is 2.67 bits per heavy atom. The second-order valence-corrected chi connectivity index (χ2v) is 4.23. The van der Waals surface area contributed by atoms with E-state index in [0.717, 1.165) is 0 Å². The number of hydrogen-bond acceptors (Lipinski definition) is 3. The van der Waals surface area contributed by atoms with Gasteiger partial charge < -0.3 is 0 Å². The topological polar surface area (TPSA) is 25.8 Å². The van der Waals surface area contributed by atoms with Crippen LogP contribution in [0.15, 0.2) is 18.5 Å². The molecule has 12 heavy (non-hydrogen) atoms. The zero-order valence-electron chi connectivity index (χ0n) is 7.11. The van der Waals surface area contributed by atoms with Crippen molar-refractivity contribution < 1.29 is 0 Å². The minimum atomic E-state index is 0.599. The summed E-state index contributed by atoms with van der Waals surface area (Å²) in [5, 5.41) is 8.90. The average Bonchev–Trinajstić information content (AvgIpc) is 2.46. The molecular weight excluding hydrogens is 168 g/mol. The lowest BCUT2D eigenvalue weighted by Gasteiger charge is -1.95. The third-order valence-electron chi connectivity index (χ3n) is 1.82. The summed E-state index contributed by atoms with van der Waals surface area (Å²) in [6.07, 6.45) is 3.64. The van der Waals surface area contributed by atoms with Crippen molar-refractivity contribution in [3.8, 4) is 0 Å². The molecule has 2 rings (SSSR count). The molecule has 0 fully saturated rings. The van der Waals surface area contributed by atoms with Crippen LogP contribution in [-0.2, 0) is 0 Å². The molecule has 0 radical (unpaired) electrons. The summed E-state index contributed by atoms with van der Waals surface area (Å²) < 4.78 is 1.23.